The van der Waals surface area contributed by atoms with Gasteiger partial charge in [0.2, 0.25) is 0 Å². The number of ketones is 1. The molecular weight excluding hydrogens is 929 g/mol. The van der Waals surface area contributed by atoms with Gasteiger partial charge in [-0.25, -0.2) is 4.39 Å². The SMILES string of the molecule is CC[CH]([SnH])C1=CC(C)(C)Oc2ccc3c(c21)O[C@@H]1COc2cc(CO)c(OC)cc2C1=C3OC.COc1cc2c(cc1CO)OC[C@H]1Oc3c(ccc4c3C([18F])=CC(C)(C)O4)C(=O)[C@@H]21. The molecule has 4 aromatic carbocycles. The number of halogens is 1. The Morgan fingerprint density at radius 1 is 0.750 bits per heavy atom. The van der Waals surface area contributed by atoms with E-state index in [2.05, 4.69) is 26.8 Å². The van der Waals surface area contributed by atoms with Crippen LogP contribution in [0.25, 0.3) is 22.7 Å². The van der Waals surface area contributed by atoms with Gasteiger partial charge in [0.1, 0.15) is 47.1 Å². The second-order valence-electron chi connectivity index (χ2n) is 17.5. The Balaban J connectivity index is 0.000000163. The van der Waals surface area contributed by atoms with Crippen LogP contribution in [0.4, 0.5) is 4.39 Å². The summed E-state index contributed by atoms with van der Waals surface area (Å²) in [5.74, 6) is 3.94. The monoisotopic (exact) mass is 981 g/mol. The Bertz CT molecular complexity index is 2680. The Kier molecular flexibility index (Phi) is 11.3. The molecule has 0 bridgehead atoms. The standard InChI is InChI=1S/C27H29O6.C23H21FO6.Sn.H/c1-6-7-15-12-27(2,3)33-19-9-8-17-25(30-5)24-18-11-20(29-4)16(13-28)10-21(18)31-14-22(24)32-26(17)23(15)19;1-23(2)8-14(24)20-15(30-23)5-4-12-21(26)19-13-7-16(27-3)11(9-25)6-17(13)28-10-18(19)29-22(12)20;;/h7-12,22,28H,6,13-14H2,1-5H3;4-8,18-19,25H,9-10H2,1-3H3;;/t22-;18-,19+;;/m11../s1/i;24-1;;. The van der Waals surface area contributed by atoms with Crippen LogP contribution in [0.1, 0.15) is 96.3 Å². The van der Waals surface area contributed by atoms with E-state index in [1.807, 2.05) is 24.3 Å². The van der Waals surface area contributed by atoms with Crippen molar-refractivity contribution in [3.63, 3.8) is 0 Å². The number of hydrogen-bond donors (Lipinski definition) is 2. The van der Waals surface area contributed by atoms with Gasteiger partial charge in [-0.2, -0.15) is 0 Å². The number of benzene rings is 4. The number of fused-ring (bicyclic) bond motifs is 12. The van der Waals surface area contributed by atoms with Crippen molar-refractivity contribution in [3.8, 4) is 46.0 Å². The molecule has 14 heteroatoms. The molecule has 0 fully saturated rings. The maximum atomic E-state index is 15.0. The molecule has 2 radical (unpaired) electrons. The quantitative estimate of drug-likeness (QED) is 0.172. The van der Waals surface area contributed by atoms with E-state index < -0.39 is 23.4 Å². The van der Waals surface area contributed by atoms with E-state index >= 15 is 0 Å². The average Bonchev–Trinajstić information content (AvgIpc) is 3.28. The van der Waals surface area contributed by atoms with E-state index in [0.717, 1.165) is 68.5 Å². The van der Waals surface area contributed by atoms with Gasteiger partial charge in [-0.05, 0) is 44.2 Å². The van der Waals surface area contributed by atoms with Gasteiger partial charge in [-0.15, -0.1) is 0 Å². The molecule has 4 aromatic rings. The third-order valence-corrected chi connectivity index (χ3v) is 14.7. The molecule has 0 saturated carbocycles. The summed E-state index contributed by atoms with van der Waals surface area (Å²) in [5, 5.41) is 19.3. The molecule has 0 spiro atoms. The van der Waals surface area contributed by atoms with Gasteiger partial charge in [-0.3, -0.25) is 4.79 Å². The fourth-order valence-corrected chi connectivity index (χ4v) is 10.2. The smallest absolute Gasteiger partial charge is 0.178 e. The largest absolute Gasteiger partial charge is 0.496 e. The maximum absolute atomic E-state index is 15.0. The van der Waals surface area contributed by atoms with Crippen LogP contribution in [0.15, 0.2) is 60.7 Å². The van der Waals surface area contributed by atoms with E-state index in [1.165, 1.54) is 18.8 Å². The summed E-state index contributed by atoms with van der Waals surface area (Å²) in [4.78, 5) is 13.5. The maximum Gasteiger partial charge on any atom is 0.178 e. The zero-order chi connectivity index (χ0) is 45.4. The van der Waals surface area contributed by atoms with Crippen LogP contribution in [-0.4, -0.2) is 96.5 Å². The number of methoxy groups -OCH3 is 3. The molecule has 12 nitrogen and oxygen atoms in total. The zero-order valence-electron chi connectivity index (χ0n) is 37.1. The fourth-order valence-electron chi connectivity index (χ4n) is 9.41. The van der Waals surface area contributed by atoms with Crippen LogP contribution in [-0.2, 0) is 18.0 Å². The number of Topliss-reactive ketones (excluding diaryl/α,β-unsaturated/α-hetero) is 1. The van der Waals surface area contributed by atoms with Crippen LogP contribution in [0.5, 0.6) is 46.0 Å². The molecule has 10 rings (SSSR count). The number of carbonyl (C=O) groups excluding carboxylic acids is 1. The average molecular weight is 981 g/mol. The van der Waals surface area contributed by atoms with Crippen LogP contribution >= 0.6 is 0 Å². The van der Waals surface area contributed by atoms with Gasteiger partial charge in [-0.1, -0.05) is 0 Å². The normalized spacial score (nSPS) is 21.5. The van der Waals surface area contributed by atoms with Crippen LogP contribution in [0, 0.1) is 0 Å². The van der Waals surface area contributed by atoms with Crippen LogP contribution < -0.4 is 37.9 Å². The summed E-state index contributed by atoms with van der Waals surface area (Å²) < 4.78 is 69.3. The third kappa shape index (κ3) is 7.33. The Morgan fingerprint density at radius 3 is 2.02 bits per heavy atom. The summed E-state index contributed by atoms with van der Waals surface area (Å²) >= 11 is 1.12. The molecule has 0 aliphatic carbocycles. The first-order chi connectivity index (χ1) is 30.6. The van der Waals surface area contributed by atoms with E-state index in [1.54, 1.807) is 52.3 Å². The first kappa shape index (κ1) is 43.9. The van der Waals surface area contributed by atoms with E-state index in [0.29, 0.717) is 61.5 Å². The minimum Gasteiger partial charge on any atom is -0.496 e. The van der Waals surface area contributed by atoms with Gasteiger partial charge >= 0.3 is 209 Å². The molecule has 4 atom stereocenters. The van der Waals surface area contributed by atoms with Crippen molar-refractivity contribution in [2.45, 2.75) is 87.5 Å². The minimum atomic E-state index is -0.791. The van der Waals surface area contributed by atoms with Crippen LogP contribution in [0.2, 0.25) is 3.93 Å². The summed E-state index contributed by atoms with van der Waals surface area (Å²) in [6, 6.07) is 14.4. The van der Waals surface area contributed by atoms with Gasteiger partial charge in [0.05, 0.1) is 30.8 Å². The predicted octanol–water partition coefficient (Wildman–Crippen LogP) is 8.30. The Morgan fingerprint density at radius 2 is 1.36 bits per heavy atom. The summed E-state index contributed by atoms with van der Waals surface area (Å²) in [6.45, 7) is 10.1. The Labute approximate surface area is 384 Å². The van der Waals surface area contributed by atoms with E-state index in [-0.39, 0.29) is 48.6 Å². The molecule has 6 aliphatic heterocycles. The first-order valence-electron chi connectivity index (χ1n) is 21.3. The third-order valence-electron chi connectivity index (χ3n) is 12.3. The fraction of sp³-hybridized carbons (Fsp3) is 0.380. The predicted molar refractivity (Wildman–Crippen MR) is 239 cm³/mol. The topological polar surface area (TPSA) is 141 Å². The molecule has 0 aromatic heterocycles. The number of aliphatic hydroxyl groups excluding tert-OH is 2. The van der Waals surface area contributed by atoms with Gasteiger partial charge in [0.25, 0.3) is 0 Å². The molecule has 1 unspecified atom stereocenters. The number of ether oxygens (including phenoxy) is 9. The van der Waals surface area contributed by atoms with Crippen molar-refractivity contribution in [2.75, 3.05) is 34.5 Å². The van der Waals surface area contributed by atoms with Crippen molar-refractivity contribution in [1.82, 2.24) is 0 Å². The van der Waals surface area contributed by atoms with Gasteiger partial charge in [0.15, 0.2) is 5.78 Å². The van der Waals surface area contributed by atoms with E-state index in [4.69, 9.17) is 42.6 Å². The number of allylic oxidation sites excluding steroid dienone is 1. The van der Waals surface area contributed by atoms with Gasteiger partial charge in [0, 0.05) is 11.1 Å². The molecule has 6 heterocycles. The number of hydrogen-bond acceptors (Lipinski definition) is 12. The second-order valence-corrected chi connectivity index (χ2v) is 19.8. The van der Waals surface area contributed by atoms with E-state index in [9.17, 15) is 19.4 Å². The van der Waals surface area contributed by atoms with Crippen molar-refractivity contribution in [3.05, 3.63) is 105 Å². The molecule has 0 saturated heterocycles. The molecule has 2 N–H and O–H groups in total. The first-order valence-corrected chi connectivity index (χ1v) is 23.2. The van der Waals surface area contributed by atoms with Crippen molar-refractivity contribution in [2.24, 2.45) is 0 Å². The molecule has 64 heavy (non-hydrogen) atoms. The van der Waals surface area contributed by atoms with Crippen molar-refractivity contribution in [1.29, 1.82) is 0 Å². The molecule has 6 aliphatic rings. The number of carbonyl (C=O) groups is 1. The molecular formula is C50H51FO12Sn. The number of aliphatic hydroxyl groups is 2. The van der Waals surface area contributed by atoms with Crippen LogP contribution in [0.3, 0.4) is 0 Å². The minimum absolute atomic E-state index is 0.126. The summed E-state index contributed by atoms with van der Waals surface area (Å²) in [7, 11) is 4.79. The van der Waals surface area contributed by atoms with Crippen molar-refractivity contribution < 1.29 is 62.0 Å². The zero-order valence-corrected chi connectivity index (χ0v) is 40.3. The number of rotatable bonds is 7. The molecule has 0 amide bonds. The molecule has 334 valence electrons. The summed E-state index contributed by atoms with van der Waals surface area (Å²) in [5.41, 5.74) is 6.19. The second kappa shape index (κ2) is 16.6. The van der Waals surface area contributed by atoms with Gasteiger partial charge < -0.3 is 29.2 Å². The Hall–Kier alpha value is -5.38. The van der Waals surface area contributed by atoms with Crippen molar-refractivity contribution >= 4 is 51.0 Å². The summed E-state index contributed by atoms with van der Waals surface area (Å²) in [6.07, 6.45) is 3.74.